The molecule has 3 aromatic carbocycles. The summed E-state index contributed by atoms with van der Waals surface area (Å²) in [6.45, 7) is 0.572. The number of carbonyl (C=O) groups is 2. The minimum Gasteiger partial charge on any atom is -0.497 e. The van der Waals surface area contributed by atoms with Crippen LogP contribution in [0.1, 0.15) is 39.6 Å². The van der Waals surface area contributed by atoms with E-state index in [2.05, 4.69) is 17.4 Å². The van der Waals surface area contributed by atoms with Gasteiger partial charge < -0.3 is 19.5 Å². The second-order valence-corrected chi connectivity index (χ2v) is 8.89. The van der Waals surface area contributed by atoms with Gasteiger partial charge in [0.05, 0.1) is 13.2 Å². The van der Waals surface area contributed by atoms with Crippen LogP contribution in [0, 0.1) is 0 Å². The third kappa shape index (κ3) is 4.28. The molecule has 1 aromatic heterocycles. The van der Waals surface area contributed by atoms with Crippen molar-refractivity contribution in [2.45, 2.75) is 18.9 Å². The molecule has 4 aromatic rings. The molecular formula is C29H29N3O3. The zero-order valence-corrected chi connectivity index (χ0v) is 20.0. The molecule has 35 heavy (non-hydrogen) atoms. The van der Waals surface area contributed by atoms with Gasteiger partial charge in [0.1, 0.15) is 18.0 Å². The highest BCUT2D eigenvalue weighted by atomic mass is 16.5. The smallest absolute Gasteiger partial charge is 0.272 e. The standard InChI is InChI=1S/C29H29N3O3/c1-31-24-13-7-6-12-23(24)26-27(21-14-16-22(35-2)17-15-21)32(29(34)28(26)31)19-25(33)30-18-8-11-20-9-4-3-5-10-20/h3-7,9-10,12-17,27H,8,11,18-19H2,1-2H3,(H,30,33)/t27-/m0/s1. The molecule has 0 saturated carbocycles. The molecule has 1 aliphatic heterocycles. The number of aromatic nitrogens is 1. The Morgan fingerprint density at radius 3 is 2.43 bits per heavy atom. The average molecular weight is 468 g/mol. The van der Waals surface area contributed by atoms with Gasteiger partial charge in [-0.25, -0.2) is 0 Å². The van der Waals surface area contributed by atoms with Gasteiger partial charge in [-0.3, -0.25) is 9.59 Å². The number of hydrogen-bond acceptors (Lipinski definition) is 3. The Morgan fingerprint density at radius 1 is 0.971 bits per heavy atom. The molecule has 0 spiro atoms. The molecule has 6 nitrogen and oxygen atoms in total. The van der Waals surface area contributed by atoms with Crippen molar-refractivity contribution in [2.24, 2.45) is 7.05 Å². The minimum absolute atomic E-state index is 0.00384. The van der Waals surface area contributed by atoms with Crippen LogP contribution in [0.3, 0.4) is 0 Å². The first-order valence-corrected chi connectivity index (χ1v) is 11.9. The van der Waals surface area contributed by atoms with Crippen LogP contribution in [-0.2, 0) is 18.3 Å². The third-order valence-corrected chi connectivity index (χ3v) is 6.75. The van der Waals surface area contributed by atoms with E-state index in [9.17, 15) is 9.59 Å². The predicted octanol–water partition coefficient (Wildman–Crippen LogP) is 4.48. The van der Waals surface area contributed by atoms with Crippen molar-refractivity contribution < 1.29 is 14.3 Å². The van der Waals surface area contributed by atoms with E-state index < -0.39 is 0 Å². The lowest BCUT2D eigenvalue weighted by molar-refractivity contribution is -0.122. The largest absolute Gasteiger partial charge is 0.497 e. The topological polar surface area (TPSA) is 63.6 Å². The zero-order valence-electron chi connectivity index (χ0n) is 20.0. The number of methoxy groups -OCH3 is 1. The SMILES string of the molecule is COc1ccc([C@H]2c3c(n(C)c4ccccc34)C(=O)N2CC(=O)NCCCc2ccccc2)cc1. The van der Waals surface area contributed by atoms with Gasteiger partial charge >= 0.3 is 0 Å². The third-order valence-electron chi connectivity index (χ3n) is 6.75. The summed E-state index contributed by atoms with van der Waals surface area (Å²) in [4.78, 5) is 28.3. The van der Waals surface area contributed by atoms with Crippen molar-refractivity contribution in [1.82, 2.24) is 14.8 Å². The first kappa shape index (κ1) is 22.7. The fourth-order valence-corrected chi connectivity index (χ4v) is 5.04. The van der Waals surface area contributed by atoms with Crippen LogP contribution in [0.15, 0.2) is 78.9 Å². The van der Waals surface area contributed by atoms with Crippen LogP contribution in [0.5, 0.6) is 5.75 Å². The van der Waals surface area contributed by atoms with Gasteiger partial charge in [0.2, 0.25) is 5.91 Å². The van der Waals surface area contributed by atoms with Crippen LogP contribution >= 0.6 is 0 Å². The number of ether oxygens (including phenoxy) is 1. The summed E-state index contributed by atoms with van der Waals surface area (Å²) in [6, 6.07) is 25.6. The summed E-state index contributed by atoms with van der Waals surface area (Å²) in [5.74, 6) is 0.472. The van der Waals surface area contributed by atoms with Crippen molar-refractivity contribution in [1.29, 1.82) is 0 Å². The van der Waals surface area contributed by atoms with Crippen molar-refractivity contribution in [2.75, 3.05) is 20.2 Å². The summed E-state index contributed by atoms with van der Waals surface area (Å²) < 4.78 is 7.27. The molecule has 0 aliphatic carbocycles. The maximum atomic E-state index is 13.6. The summed E-state index contributed by atoms with van der Waals surface area (Å²) in [5.41, 5.74) is 4.80. The molecule has 0 bridgehead atoms. The van der Waals surface area contributed by atoms with Crippen LogP contribution < -0.4 is 10.1 Å². The Morgan fingerprint density at radius 2 is 1.69 bits per heavy atom. The van der Waals surface area contributed by atoms with E-state index in [1.807, 2.05) is 78.3 Å². The van der Waals surface area contributed by atoms with Gasteiger partial charge in [0.15, 0.2) is 0 Å². The van der Waals surface area contributed by atoms with E-state index >= 15 is 0 Å². The second kappa shape index (κ2) is 9.66. The van der Waals surface area contributed by atoms with E-state index in [0.717, 1.165) is 40.6 Å². The van der Waals surface area contributed by atoms with Gasteiger partial charge in [-0.05, 0) is 42.2 Å². The number of benzene rings is 3. The maximum Gasteiger partial charge on any atom is 0.272 e. The molecule has 1 atom stereocenters. The van der Waals surface area contributed by atoms with Crippen LogP contribution in [0.25, 0.3) is 10.9 Å². The average Bonchev–Trinajstić information content (AvgIpc) is 3.34. The van der Waals surface area contributed by atoms with Gasteiger partial charge in [0, 0.05) is 30.1 Å². The molecule has 1 aliphatic rings. The number of amides is 2. The van der Waals surface area contributed by atoms with E-state index in [-0.39, 0.29) is 24.4 Å². The second-order valence-electron chi connectivity index (χ2n) is 8.89. The first-order valence-electron chi connectivity index (χ1n) is 11.9. The normalized spacial score (nSPS) is 14.9. The summed E-state index contributed by atoms with van der Waals surface area (Å²) in [5, 5.41) is 4.03. The molecule has 5 rings (SSSR count). The molecule has 0 unspecified atom stereocenters. The fourth-order valence-electron chi connectivity index (χ4n) is 5.04. The number of nitrogens with zero attached hydrogens (tertiary/aromatic N) is 2. The Labute approximate surface area is 205 Å². The van der Waals surface area contributed by atoms with Crippen molar-refractivity contribution in [3.63, 3.8) is 0 Å². The monoisotopic (exact) mass is 467 g/mol. The summed E-state index contributed by atoms with van der Waals surface area (Å²) in [7, 11) is 3.54. The number of rotatable bonds is 8. The lowest BCUT2D eigenvalue weighted by atomic mass is 9.98. The molecule has 0 fully saturated rings. The van der Waals surface area contributed by atoms with Gasteiger partial charge in [-0.15, -0.1) is 0 Å². The van der Waals surface area contributed by atoms with Crippen LogP contribution in [0.4, 0.5) is 0 Å². The summed E-state index contributed by atoms with van der Waals surface area (Å²) in [6.07, 6.45) is 1.74. The predicted molar refractivity (Wildman–Crippen MR) is 137 cm³/mol. The van der Waals surface area contributed by atoms with Crippen molar-refractivity contribution in [3.05, 3.63) is 101 Å². The number of hydrogen-bond donors (Lipinski definition) is 1. The number of aryl methyl sites for hydroxylation is 2. The van der Waals surface area contributed by atoms with E-state index in [4.69, 9.17) is 4.74 Å². The van der Waals surface area contributed by atoms with Gasteiger partial charge in [-0.2, -0.15) is 0 Å². The number of fused-ring (bicyclic) bond motifs is 3. The Bertz CT molecular complexity index is 1360. The van der Waals surface area contributed by atoms with Gasteiger partial charge in [-0.1, -0.05) is 60.7 Å². The molecule has 0 saturated heterocycles. The fraction of sp³-hybridized carbons (Fsp3) is 0.241. The highest BCUT2D eigenvalue weighted by molar-refractivity contribution is 6.07. The van der Waals surface area contributed by atoms with Crippen LogP contribution in [0.2, 0.25) is 0 Å². The van der Waals surface area contributed by atoms with E-state index in [1.165, 1.54) is 5.56 Å². The molecule has 2 amide bonds. The Kier molecular flexibility index (Phi) is 6.27. The lowest BCUT2D eigenvalue weighted by Gasteiger charge is -2.26. The lowest BCUT2D eigenvalue weighted by Crippen LogP contribution is -2.40. The van der Waals surface area contributed by atoms with Crippen molar-refractivity contribution in [3.8, 4) is 5.75 Å². The molecule has 0 radical (unpaired) electrons. The Hall–Kier alpha value is -4.06. The molecule has 6 heteroatoms. The van der Waals surface area contributed by atoms with E-state index in [0.29, 0.717) is 12.2 Å². The molecule has 2 heterocycles. The number of carbonyl (C=O) groups excluding carboxylic acids is 2. The number of nitrogens with one attached hydrogen (secondary N) is 1. The van der Waals surface area contributed by atoms with Crippen molar-refractivity contribution >= 4 is 22.7 Å². The Balaban J connectivity index is 1.38. The summed E-state index contributed by atoms with van der Waals surface area (Å²) >= 11 is 0. The highest BCUT2D eigenvalue weighted by Crippen LogP contribution is 2.43. The van der Waals surface area contributed by atoms with Gasteiger partial charge in [0.25, 0.3) is 5.91 Å². The van der Waals surface area contributed by atoms with E-state index in [1.54, 1.807) is 12.0 Å². The molecule has 1 N–H and O–H groups in total. The molecular weight excluding hydrogens is 438 g/mol. The number of para-hydroxylation sites is 1. The first-order chi connectivity index (χ1) is 17.1. The highest BCUT2D eigenvalue weighted by Gasteiger charge is 2.42. The quantitative estimate of drug-likeness (QED) is 0.389. The van der Waals surface area contributed by atoms with Crippen LogP contribution in [-0.4, -0.2) is 41.5 Å². The maximum absolute atomic E-state index is 13.6. The zero-order chi connectivity index (χ0) is 24.4. The molecule has 178 valence electrons. The minimum atomic E-state index is -0.343.